The van der Waals surface area contributed by atoms with Gasteiger partial charge in [-0.25, -0.2) is 0 Å². The molecule has 2 aromatic heterocycles. The van der Waals surface area contributed by atoms with Gasteiger partial charge >= 0.3 is 0 Å². The number of carbonyl (C=O) groups is 1. The second-order valence-corrected chi connectivity index (χ2v) is 6.85. The highest BCUT2D eigenvalue weighted by atomic mass is 16.5. The standard InChI is InChI=1S/C16H24N8O2/c25-16(14-9-17-19-15(14)24-12-18-20-21-24)23-7-4-8-26-13(11-23)10-22-5-2-1-3-6-22/h9,12-13H,1-8,10-11H2,(H,17,19)/t13-/m0/s1. The Morgan fingerprint density at radius 1 is 1.23 bits per heavy atom. The van der Waals surface area contributed by atoms with Crippen LogP contribution in [0, 0.1) is 0 Å². The molecule has 2 saturated heterocycles. The summed E-state index contributed by atoms with van der Waals surface area (Å²) in [6, 6.07) is 0. The average molecular weight is 360 g/mol. The molecule has 0 bridgehead atoms. The highest BCUT2D eigenvalue weighted by Crippen LogP contribution is 2.17. The van der Waals surface area contributed by atoms with Crippen LogP contribution in [-0.4, -0.2) is 91.5 Å². The summed E-state index contributed by atoms with van der Waals surface area (Å²) in [6.07, 6.45) is 7.66. The van der Waals surface area contributed by atoms with Crippen LogP contribution < -0.4 is 0 Å². The van der Waals surface area contributed by atoms with Gasteiger partial charge in [0.25, 0.3) is 5.91 Å². The van der Waals surface area contributed by atoms with Gasteiger partial charge in [-0.3, -0.25) is 9.89 Å². The first-order valence-corrected chi connectivity index (χ1v) is 9.21. The summed E-state index contributed by atoms with van der Waals surface area (Å²) >= 11 is 0. The predicted octanol–water partition coefficient (Wildman–Crippen LogP) is 0.102. The summed E-state index contributed by atoms with van der Waals surface area (Å²) < 4.78 is 7.43. The molecule has 2 aromatic rings. The number of amides is 1. The lowest BCUT2D eigenvalue weighted by molar-refractivity contribution is 0.0216. The number of hydrogen-bond acceptors (Lipinski definition) is 7. The molecular weight excluding hydrogens is 336 g/mol. The summed E-state index contributed by atoms with van der Waals surface area (Å²) in [7, 11) is 0. The molecule has 0 aliphatic carbocycles. The maximum Gasteiger partial charge on any atom is 0.259 e. The number of piperidine rings is 1. The SMILES string of the molecule is O=C(c1cn[nH]c1-n1cnnn1)N1CCCO[C@@H](CN2CCCCC2)C1. The summed E-state index contributed by atoms with van der Waals surface area (Å²) in [5.74, 6) is 0.413. The summed E-state index contributed by atoms with van der Waals surface area (Å²) in [5.41, 5.74) is 0.468. The van der Waals surface area contributed by atoms with Crippen LogP contribution in [0.3, 0.4) is 0 Å². The van der Waals surface area contributed by atoms with E-state index >= 15 is 0 Å². The minimum absolute atomic E-state index is 0.0444. The number of tetrazole rings is 1. The fourth-order valence-electron chi connectivity index (χ4n) is 3.66. The van der Waals surface area contributed by atoms with Gasteiger partial charge in [0.05, 0.1) is 12.3 Å². The fourth-order valence-corrected chi connectivity index (χ4v) is 3.66. The van der Waals surface area contributed by atoms with Crippen LogP contribution in [0.25, 0.3) is 5.82 Å². The highest BCUT2D eigenvalue weighted by Gasteiger charge is 2.28. The summed E-state index contributed by atoms with van der Waals surface area (Å²) in [6.45, 7) is 5.09. The van der Waals surface area contributed by atoms with Crippen molar-refractivity contribution in [3.05, 3.63) is 18.1 Å². The molecule has 1 amide bonds. The van der Waals surface area contributed by atoms with Crippen LogP contribution in [-0.2, 0) is 4.74 Å². The minimum Gasteiger partial charge on any atom is -0.375 e. The molecule has 0 spiro atoms. The minimum atomic E-state index is -0.0709. The summed E-state index contributed by atoms with van der Waals surface area (Å²) in [5, 5.41) is 17.9. The molecule has 26 heavy (non-hydrogen) atoms. The first-order chi connectivity index (χ1) is 12.8. The van der Waals surface area contributed by atoms with Gasteiger partial charge in [0.15, 0.2) is 5.82 Å². The van der Waals surface area contributed by atoms with Crippen molar-refractivity contribution in [2.24, 2.45) is 0 Å². The van der Waals surface area contributed by atoms with Crippen LogP contribution in [0.15, 0.2) is 12.5 Å². The Morgan fingerprint density at radius 2 is 2.12 bits per heavy atom. The molecule has 140 valence electrons. The number of rotatable bonds is 4. The number of nitrogens with one attached hydrogen (secondary N) is 1. The van der Waals surface area contributed by atoms with Crippen molar-refractivity contribution in [3.8, 4) is 5.82 Å². The Balaban J connectivity index is 1.46. The lowest BCUT2D eigenvalue weighted by Gasteiger charge is -2.31. The molecule has 2 aliphatic heterocycles. The molecule has 1 atom stereocenters. The molecule has 2 fully saturated rings. The van der Waals surface area contributed by atoms with Crippen LogP contribution in [0.4, 0.5) is 0 Å². The normalized spacial score (nSPS) is 22.3. The van der Waals surface area contributed by atoms with Crippen molar-refractivity contribution in [2.75, 3.05) is 39.3 Å². The predicted molar refractivity (Wildman–Crippen MR) is 91.9 cm³/mol. The smallest absolute Gasteiger partial charge is 0.259 e. The van der Waals surface area contributed by atoms with Crippen molar-refractivity contribution < 1.29 is 9.53 Å². The quantitative estimate of drug-likeness (QED) is 0.824. The number of aromatic amines is 1. The topological polar surface area (TPSA) is 105 Å². The highest BCUT2D eigenvalue weighted by molar-refractivity contribution is 5.97. The number of nitrogens with zero attached hydrogens (tertiary/aromatic N) is 7. The van der Waals surface area contributed by atoms with Gasteiger partial charge < -0.3 is 14.5 Å². The van der Waals surface area contributed by atoms with Gasteiger partial charge in [0.1, 0.15) is 11.9 Å². The molecule has 4 rings (SSSR count). The maximum absolute atomic E-state index is 13.1. The third-order valence-corrected chi connectivity index (χ3v) is 4.98. The molecule has 0 radical (unpaired) electrons. The molecular formula is C16H24N8O2. The van der Waals surface area contributed by atoms with Crippen molar-refractivity contribution in [2.45, 2.75) is 31.8 Å². The van der Waals surface area contributed by atoms with Crippen molar-refractivity contribution in [3.63, 3.8) is 0 Å². The number of H-pyrrole nitrogens is 1. The van der Waals surface area contributed by atoms with E-state index in [0.717, 1.165) is 26.1 Å². The molecule has 10 heteroatoms. The van der Waals surface area contributed by atoms with Gasteiger partial charge in [-0.2, -0.15) is 9.78 Å². The number of aromatic nitrogens is 6. The Hall–Kier alpha value is -2.33. The van der Waals surface area contributed by atoms with Crippen molar-refractivity contribution >= 4 is 5.91 Å². The van der Waals surface area contributed by atoms with Crippen molar-refractivity contribution in [1.82, 2.24) is 40.2 Å². The molecule has 10 nitrogen and oxygen atoms in total. The number of carbonyl (C=O) groups excluding carboxylic acids is 1. The zero-order chi connectivity index (χ0) is 17.8. The monoisotopic (exact) mass is 360 g/mol. The number of hydrogen-bond donors (Lipinski definition) is 1. The van der Waals surface area contributed by atoms with Gasteiger partial charge in [-0.15, -0.1) is 5.10 Å². The summed E-state index contributed by atoms with van der Waals surface area (Å²) in [4.78, 5) is 17.4. The number of ether oxygens (including phenoxy) is 1. The van der Waals surface area contributed by atoms with E-state index in [4.69, 9.17) is 4.74 Å². The Kier molecular flexibility index (Phi) is 5.21. The van der Waals surface area contributed by atoms with Crippen LogP contribution in [0.1, 0.15) is 36.0 Å². The Bertz CT molecular complexity index is 710. The van der Waals surface area contributed by atoms with E-state index in [-0.39, 0.29) is 12.0 Å². The van der Waals surface area contributed by atoms with E-state index in [9.17, 15) is 4.79 Å². The Morgan fingerprint density at radius 3 is 2.92 bits per heavy atom. The Labute approximate surface area is 151 Å². The third kappa shape index (κ3) is 3.75. The van der Waals surface area contributed by atoms with Crippen LogP contribution >= 0.6 is 0 Å². The molecule has 4 heterocycles. The zero-order valence-corrected chi connectivity index (χ0v) is 14.8. The van der Waals surface area contributed by atoms with E-state index in [1.165, 1.54) is 36.5 Å². The molecule has 0 aromatic carbocycles. The lowest BCUT2D eigenvalue weighted by Crippen LogP contribution is -2.44. The first kappa shape index (κ1) is 17.1. The van der Waals surface area contributed by atoms with Gasteiger partial charge in [-0.1, -0.05) is 6.42 Å². The second kappa shape index (κ2) is 7.92. The van der Waals surface area contributed by atoms with Gasteiger partial charge in [-0.05, 0) is 42.8 Å². The van der Waals surface area contributed by atoms with Gasteiger partial charge in [0.2, 0.25) is 0 Å². The second-order valence-electron chi connectivity index (χ2n) is 6.85. The van der Waals surface area contributed by atoms with E-state index in [2.05, 4.69) is 30.6 Å². The fraction of sp³-hybridized carbons (Fsp3) is 0.688. The maximum atomic E-state index is 13.1. The average Bonchev–Trinajstić information content (AvgIpc) is 3.31. The zero-order valence-electron chi connectivity index (χ0n) is 14.8. The van der Waals surface area contributed by atoms with Crippen LogP contribution in [0.2, 0.25) is 0 Å². The first-order valence-electron chi connectivity index (χ1n) is 9.21. The van der Waals surface area contributed by atoms with Crippen molar-refractivity contribution in [1.29, 1.82) is 0 Å². The van der Waals surface area contributed by atoms with Crippen LogP contribution in [0.5, 0.6) is 0 Å². The van der Waals surface area contributed by atoms with Gasteiger partial charge in [0, 0.05) is 26.2 Å². The van der Waals surface area contributed by atoms with E-state index in [0.29, 0.717) is 31.1 Å². The van der Waals surface area contributed by atoms with E-state index in [1.807, 2.05) is 4.90 Å². The number of likely N-dealkylation sites (tertiary alicyclic amines) is 1. The molecule has 0 unspecified atom stereocenters. The molecule has 1 N–H and O–H groups in total. The van der Waals surface area contributed by atoms with E-state index < -0.39 is 0 Å². The molecule has 2 aliphatic rings. The lowest BCUT2D eigenvalue weighted by atomic mass is 10.1. The molecule has 0 saturated carbocycles. The third-order valence-electron chi connectivity index (χ3n) is 4.98. The van der Waals surface area contributed by atoms with E-state index in [1.54, 1.807) is 0 Å². The largest absolute Gasteiger partial charge is 0.375 e.